The molecule has 0 saturated carbocycles. The van der Waals surface area contributed by atoms with Gasteiger partial charge in [0.2, 0.25) is 5.91 Å². The molecule has 0 radical (unpaired) electrons. The molecule has 4 N–H and O–H groups in total. The van der Waals surface area contributed by atoms with Crippen molar-refractivity contribution in [3.05, 3.63) is 10.8 Å². The van der Waals surface area contributed by atoms with E-state index in [-0.39, 0.29) is 17.9 Å². The summed E-state index contributed by atoms with van der Waals surface area (Å²) in [6.45, 7) is 1.56. The number of carbonyl (C=O) groups is 1. The molecule has 0 bridgehead atoms. The van der Waals surface area contributed by atoms with Gasteiger partial charge < -0.3 is 15.6 Å². The van der Waals surface area contributed by atoms with Gasteiger partial charge in [-0.05, 0) is 28.8 Å². The fourth-order valence-electron chi connectivity index (χ4n) is 2.88. The number of piperidine rings is 1. The number of fused-ring (bicyclic) bond motifs is 1. The number of amides is 1. The zero-order chi connectivity index (χ0) is 13.4. The van der Waals surface area contributed by atoms with Gasteiger partial charge in [0.15, 0.2) is 5.82 Å². The second-order valence-corrected chi connectivity index (χ2v) is 5.55. The first kappa shape index (κ1) is 12.6. The van der Waals surface area contributed by atoms with E-state index in [0.29, 0.717) is 12.4 Å². The van der Waals surface area contributed by atoms with E-state index in [2.05, 4.69) is 41.5 Å². The standard InChI is InChI=1S/C11H15BrN6O/c12-8-9(17-13)15-5-16-10(8)18-3-1-2-6-7(18)4-14-11(6)19/h5-7H,1-4,13H2,(H,14,19)(H,15,16,17). The maximum absolute atomic E-state index is 11.8. The number of halogens is 1. The Morgan fingerprint density at radius 3 is 3.16 bits per heavy atom. The lowest BCUT2D eigenvalue weighted by Crippen LogP contribution is -2.46. The number of nitrogens with two attached hydrogens (primary N) is 1. The van der Waals surface area contributed by atoms with Crippen LogP contribution < -0.4 is 21.5 Å². The van der Waals surface area contributed by atoms with Crippen molar-refractivity contribution in [2.45, 2.75) is 18.9 Å². The lowest BCUT2D eigenvalue weighted by atomic mass is 9.91. The van der Waals surface area contributed by atoms with Gasteiger partial charge in [0, 0.05) is 13.1 Å². The second kappa shape index (κ2) is 4.93. The number of hydrazine groups is 1. The van der Waals surface area contributed by atoms with Crippen LogP contribution in [-0.4, -0.2) is 35.0 Å². The Hall–Kier alpha value is -1.41. The summed E-state index contributed by atoms with van der Waals surface area (Å²) in [5, 5.41) is 2.93. The summed E-state index contributed by atoms with van der Waals surface area (Å²) in [5.41, 5.74) is 2.54. The number of carbonyl (C=O) groups excluding carboxylic acids is 1. The van der Waals surface area contributed by atoms with Crippen LogP contribution in [0.1, 0.15) is 12.8 Å². The van der Waals surface area contributed by atoms with Crippen LogP contribution in [0.2, 0.25) is 0 Å². The molecule has 2 aliphatic heterocycles. The molecule has 2 fully saturated rings. The average molecular weight is 327 g/mol. The Labute approximate surface area is 119 Å². The molecule has 3 rings (SSSR count). The number of nitrogens with zero attached hydrogens (tertiary/aromatic N) is 3. The van der Waals surface area contributed by atoms with Gasteiger partial charge in [0.05, 0.1) is 12.0 Å². The van der Waals surface area contributed by atoms with Crippen LogP contribution in [0.3, 0.4) is 0 Å². The molecule has 8 heteroatoms. The van der Waals surface area contributed by atoms with Gasteiger partial charge in [-0.25, -0.2) is 15.8 Å². The number of nitrogens with one attached hydrogen (secondary N) is 2. The largest absolute Gasteiger partial charge is 0.354 e. The fraction of sp³-hybridized carbons (Fsp3) is 0.545. The second-order valence-electron chi connectivity index (χ2n) is 4.76. The van der Waals surface area contributed by atoms with E-state index < -0.39 is 0 Å². The molecular weight excluding hydrogens is 312 g/mol. The summed E-state index contributed by atoms with van der Waals surface area (Å²) in [4.78, 5) is 22.3. The summed E-state index contributed by atoms with van der Waals surface area (Å²) in [5.74, 6) is 6.96. The smallest absolute Gasteiger partial charge is 0.225 e. The van der Waals surface area contributed by atoms with E-state index in [9.17, 15) is 4.79 Å². The van der Waals surface area contributed by atoms with Gasteiger partial charge in [-0.1, -0.05) is 0 Å². The van der Waals surface area contributed by atoms with Crippen LogP contribution in [0.4, 0.5) is 11.6 Å². The van der Waals surface area contributed by atoms with Crippen LogP contribution >= 0.6 is 15.9 Å². The minimum Gasteiger partial charge on any atom is -0.354 e. The third-order valence-electron chi connectivity index (χ3n) is 3.78. The topological polar surface area (TPSA) is 96.2 Å². The van der Waals surface area contributed by atoms with E-state index in [0.717, 1.165) is 29.7 Å². The molecule has 0 aliphatic carbocycles. The zero-order valence-corrected chi connectivity index (χ0v) is 11.9. The molecule has 1 amide bonds. The molecule has 1 aromatic rings. The highest BCUT2D eigenvalue weighted by Gasteiger charge is 2.41. The SMILES string of the molecule is NNc1ncnc(N2CCCC3C(=O)NCC32)c1Br. The third kappa shape index (κ3) is 2.04. The van der Waals surface area contributed by atoms with Crippen molar-refractivity contribution in [1.82, 2.24) is 15.3 Å². The van der Waals surface area contributed by atoms with E-state index in [1.807, 2.05) is 0 Å². The lowest BCUT2D eigenvalue weighted by molar-refractivity contribution is -0.122. The number of anilines is 2. The molecule has 102 valence electrons. The van der Waals surface area contributed by atoms with E-state index in [4.69, 9.17) is 5.84 Å². The summed E-state index contributed by atoms with van der Waals surface area (Å²) < 4.78 is 0.734. The van der Waals surface area contributed by atoms with Gasteiger partial charge in [-0.2, -0.15) is 0 Å². The lowest BCUT2D eigenvalue weighted by Gasteiger charge is -2.37. The molecule has 2 aliphatic rings. The molecule has 7 nitrogen and oxygen atoms in total. The predicted octanol–water partition coefficient (Wildman–Crippen LogP) is 0.239. The van der Waals surface area contributed by atoms with Gasteiger partial charge in [0.1, 0.15) is 16.6 Å². The van der Waals surface area contributed by atoms with Crippen molar-refractivity contribution in [1.29, 1.82) is 0 Å². The zero-order valence-electron chi connectivity index (χ0n) is 10.3. The van der Waals surface area contributed by atoms with Crippen LogP contribution in [0.25, 0.3) is 0 Å². The fourth-order valence-corrected chi connectivity index (χ4v) is 3.42. The van der Waals surface area contributed by atoms with Crippen LogP contribution in [0.5, 0.6) is 0 Å². The number of aromatic nitrogens is 2. The monoisotopic (exact) mass is 326 g/mol. The van der Waals surface area contributed by atoms with E-state index in [1.54, 1.807) is 0 Å². The number of hydrogen-bond donors (Lipinski definition) is 3. The Kier molecular flexibility index (Phi) is 3.28. The van der Waals surface area contributed by atoms with Crippen molar-refractivity contribution in [3.8, 4) is 0 Å². The summed E-state index contributed by atoms with van der Waals surface area (Å²) >= 11 is 3.47. The third-order valence-corrected chi connectivity index (χ3v) is 4.51. The van der Waals surface area contributed by atoms with Crippen LogP contribution in [-0.2, 0) is 4.79 Å². The number of nitrogen functional groups attached to an aromatic ring is 1. The maximum Gasteiger partial charge on any atom is 0.225 e. The predicted molar refractivity (Wildman–Crippen MR) is 74.4 cm³/mol. The van der Waals surface area contributed by atoms with Gasteiger partial charge in [-0.15, -0.1) is 0 Å². The minimum atomic E-state index is 0.0601. The van der Waals surface area contributed by atoms with Gasteiger partial charge in [-0.3, -0.25) is 4.79 Å². The number of rotatable bonds is 2. The maximum atomic E-state index is 11.8. The first-order valence-electron chi connectivity index (χ1n) is 6.24. The molecule has 19 heavy (non-hydrogen) atoms. The molecule has 0 spiro atoms. The first-order chi connectivity index (χ1) is 9.22. The van der Waals surface area contributed by atoms with Crippen molar-refractivity contribution >= 4 is 33.5 Å². The molecule has 2 saturated heterocycles. The average Bonchev–Trinajstić information content (AvgIpc) is 2.81. The molecule has 2 atom stereocenters. The van der Waals surface area contributed by atoms with Gasteiger partial charge in [0.25, 0.3) is 0 Å². The molecule has 2 unspecified atom stereocenters. The molecule has 0 aromatic carbocycles. The summed E-state index contributed by atoms with van der Waals surface area (Å²) in [6.07, 6.45) is 3.40. The quantitative estimate of drug-likeness (QED) is 0.532. The van der Waals surface area contributed by atoms with Gasteiger partial charge >= 0.3 is 0 Å². The Morgan fingerprint density at radius 1 is 1.53 bits per heavy atom. The van der Waals surface area contributed by atoms with Crippen molar-refractivity contribution < 1.29 is 4.79 Å². The first-order valence-corrected chi connectivity index (χ1v) is 7.03. The summed E-state index contributed by atoms with van der Waals surface area (Å²) in [7, 11) is 0. The number of hydrogen-bond acceptors (Lipinski definition) is 6. The minimum absolute atomic E-state index is 0.0601. The van der Waals surface area contributed by atoms with Crippen molar-refractivity contribution in [3.63, 3.8) is 0 Å². The highest BCUT2D eigenvalue weighted by Crippen LogP contribution is 2.36. The Balaban J connectivity index is 1.95. The van der Waals surface area contributed by atoms with E-state index >= 15 is 0 Å². The molecule has 3 heterocycles. The highest BCUT2D eigenvalue weighted by molar-refractivity contribution is 9.10. The molecular formula is C11H15BrN6O. The Morgan fingerprint density at radius 2 is 2.37 bits per heavy atom. The van der Waals surface area contributed by atoms with E-state index in [1.165, 1.54) is 6.33 Å². The summed E-state index contributed by atoms with van der Waals surface area (Å²) in [6, 6.07) is 0.165. The molecule has 1 aromatic heterocycles. The van der Waals surface area contributed by atoms with Crippen LogP contribution in [0, 0.1) is 5.92 Å². The normalized spacial score (nSPS) is 26.0. The highest BCUT2D eigenvalue weighted by atomic mass is 79.9. The van der Waals surface area contributed by atoms with Crippen LogP contribution in [0.15, 0.2) is 10.8 Å². The Bertz CT molecular complexity index is 510. The van der Waals surface area contributed by atoms with Crippen molar-refractivity contribution in [2.75, 3.05) is 23.4 Å². The van der Waals surface area contributed by atoms with Crippen molar-refractivity contribution in [2.24, 2.45) is 11.8 Å².